The normalized spacial score (nSPS) is 60.2. The van der Waals surface area contributed by atoms with Gasteiger partial charge in [-0.05, 0) is 85.4 Å². The molecule has 144 valence electrons. The second kappa shape index (κ2) is 6.21. The topological polar surface area (TPSA) is 20.2 Å². The molecule has 1 nitrogen and oxygen atoms in total. The van der Waals surface area contributed by atoms with E-state index in [1.54, 1.807) is 0 Å². The summed E-state index contributed by atoms with van der Waals surface area (Å²) in [5.41, 5.74) is 0.00841. The van der Waals surface area contributed by atoms with E-state index in [4.69, 9.17) is 1.37 Å². The number of aliphatic hydroxyl groups is 1. The molecule has 2 heteroatoms. The lowest BCUT2D eigenvalue weighted by Crippen LogP contribution is -2.59. The van der Waals surface area contributed by atoms with Crippen LogP contribution in [0.15, 0.2) is 0 Å². The SMILES string of the molecule is [2H]C1CC[C@@]2(C)C(C1)CC(C)C1C2CC(F)[C@@]2(C)C1CC[C@@H]2[C@H](C)CO. The van der Waals surface area contributed by atoms with Gasteiger partial charge >= 0.3 is 0 Å². The van der Waals surface area contributed by atoms with Crippen LogP contribution in [0.1, 0.15) is 80.4 Å². The highest BCUT2D eigenvalue weighted by atomic mass is 19.1. The summed E-state index contributed by atoms with van der Waals surface area (Å²) in [7, 11) is 0. The molecule has 0 aromatic carbocycles. The molecular weight excluding hydrogens is 311 g/mol. The third kappa shape index (κ3) is 2.41. The van der Waals surface area contributed by atoms with Gasteiger partial charge in [0.15, 0.2) is 0 Å². The van der Waals surface area contributed by atoms with E-state index in [0.717, 1.165) is 38.5 Å². The van der Waals surface area contributed by atoms with Gasteiger partial charge in [0.1, 0.15) is 6.17 Å². The summed E-state index contributed by atoms with van der Waals surface area (Å²) >= 11 is 0. The first-order chi connectivity index (χ1) is 12.2. The number of hydrogen-bond acceptors (Lipinski definition) is 1. The zero-order chi connectivity index (χ0) is 18.9. The number of halogens is 1. The van der Waals surface area contributed by atoms with Gasteiger partial charge in [-0.25, -0.2) is 4.39 Å². The smallest absolute Gasteiger partial charge is 0.106 e. The Balaban J connectivity index is 1.68. The van der Waals surface area contributed by atoms with Crippen molar-refractivity contribution in [3.63, 3.8) is 0 Å². The summed E-state index contributed by atoms with van der Waals surface area (Å²) in [4.78, 5) is 0. The Labute approximate surface area is 155 Å². The molecule has 4 aliphatic carbocycles. The van der Waals surface area contributed by atoms with Gasteiger partial charge < -0.3 is 5.11 Å². The number of rotatable bonds is 2. The first-order valence-electron chi connectivity index (χ1n) is 11.5. The Bertz CT molecular complexity index is 540. The largest absolute Gasteiger partial charge is 0.396 e. The van der Waals surface area contributed by atoms with Crippen LogP contribution < -0.4 is 0 Å². The van der Waals surface area contributed by atoms with Gasteiger partial charge in [0.2, 0.25) is 0 Å². The Morgan fingerprint density at radius 2 is 1.96 bits per heavy atom. The average Bonchev–Trinajstić information content (AvgIpc) is 2.95. The maximum Gasteiger partial charge on any atom is 0.106 e. The van der Waals surface area contributed by atoms with Crippen LogP contribution in [0, 0.1) is 52.3 Å². The second-order valence-corrected chi connectivity index (χ2v) is 10.7. The maximum absolute atomic E-state index is 15.9. The second-order valence-electron chi connectivity index (χ2n) is 10.7. The van der Waals surface area contributed by atoms with Crippen LogP contribution in [0.4, 0.5) is 4.39 Å². The van der Waals surface area contributed by atoms with E-state index in [-0.39, 0.29) is 29.8 Å². The maximum atomic E-state index is 15.9. The molecule has 4 rings (SSSR count). The van der Waals surface area contributed by atoms with Crippen LogP contribution in [-0.2, 0) is 0 Å². The number of hydrogen-bond donors (Lipinski definition) is 1. The predicted octanol–water partition coefficient (Wildman–Crippen LogP) is 5.86. The summed E-state index contributed by atoms with van der Waals surface area (Å²) < 4.78 is 24.1. The van der Waals surface area contributed by atoms with E-state index in [2.05, 4.69) is 27.7 Å². The summed E-state index contributed by atoms with van der Waals surface area (Å²) in [5, 5.41) is 9.75. The van der Waals surface area contributed by atoms with E-state index in [0.29, 0.717) is 35.5 Å². The fourth-order valence-corrected chi connectivity index (χ4v) is 8.43. The van der Waals surface area contributed by atoms with Crippen LogP contribution in [-0.4, -0.2) is 17.9 Å². The molecule has 4 saturated carbocycles. The highest BCUT2D eigenvalue weighted by molar-refractivity contribution is 5.13. The minimum absolute atomic E-state index is 0.105. The molecule has 4 fully saturated rings. The van der Waals surface area contributed by atoms with Crippen molar-refractivity contribution in [2.75, 3.05) is 6.61 Å². The van der Waals surface area contributed by atoms with E-state index in [1.807, 2.05) is 0 Å². The molecule has 0 bridgehead atoms. The van der Waals surface area contributed by atoms with E-state index in [9.17, 15) is 5.11 Å². The van der Waals surface area contributed by atoms with Crippen molar-refractivity contribution in [2.45, 2.75) is 85.2 Å². The predicted molar refractivity (Wildman–Crippen MR) is 101 cm³/mol. The van der Waals surface area contributed by atoms with Gasteiger partial charge in [0, 0.05) is 13.4 Å². The highest BCUT2D eigenvalue weighted by Gasteiger charge is 2.65. The van der Waals surface area contributed by atoms with Gasteiger partial charge in [0.25, 0.3) is 0 Å². The lowest BCUT2D eigenvalue weighted by atomic mass is 9.42. The van der Waals surface area contributed by atoms with Crippen LogP contribution in [0.2, 0.25) is 0 Å². The molecule has 1 N–H and O–H groups in total. The Kier molecular flexibility index (Phi) is 4.23. The van der Waals surface area contributed by atoms with E-state index >= 15 is 4.39 Å². The molecule has 0 spiro atoms. The van der Waals surface area contributed by atoms with Crippen LogP contribution in [0.5, 0.6) is 0 Å². The fourth-order valence-electron chi connectivity index (χ4n) is 8.43. The standard InChI is InChI=1S/C23H39FO/c1-14-11-16-7-5-6-10-22(16,3)19-12-20(24)23(4)17(15(2)13-25)8-9-18(23)21(14)19/h14-21,25H,5-13H2,1-4H3/t14?,15-,16?,17-,18?,19?,20?,21?,22+,23-/m1/s1/i5D/t5?,14?,15-,16?,17-,18?,19?,20?,21?,22+,23-. The monoisotopic (exact) mass is 351 g/mol. The zero-order valence-electron chi connectivity index (χ0n) is 17.7. The quantitative estimate of drug-likeness (QED) is 0.661. The number of alkyl halides is 1. The van der Waals surface area contributed by atoms with Crippen molar-refractivity contribution in [2.24, 2.45) is 52.3 Å². The van der Waals surface area contributed by atoms with Gasteiger partial charge in [-0.3, -0.25) is 0 Å². The van der Waals surface area contributed by atoms with Crippen LogP contribution >= 0.6 is 0 Å². The Hall–Kier alpha value is -0.110. The minimum atomic E-state index is -0.730. The Morgan fingerprint density at radius 3 is 2.68 bits per heavy atom. The molecule has 0 heterocycles. The Morgan fingerprint density at radius 1 is 1.20 bits per heavy atom. The summed E-state index contributed by atoms with van der Waals surface area (Å²) in [6.45, 7) is 9.41. The lowest BCUT2D eigenvalue weighted by Gasteiger charge is -2.63. The van der Waals surface area contributed by atoms with Gasteiger partial charge in [0.05, 0.1) is 0 Å². The van der Waals surface area contributed by atoms with Crippen molar-refractivity contribution >= 4 is 0 Å². The molecule has 4 aliphatic rings. The first-order valence-corrected chi connectivity index (χ1v) is 10.9. The van der Waals surface area contributed by atoms with Crippen molar-refractivity contribution in [3.8, 4) is 0 Å². The van der Waals surface area contributed by atoms with Crippen molar-refractivity contribution < 1.29 is 10.9 Å². The van der Waals surface area contributed by atoms with Gasteiger partial charge in [-0.15, -0.1) is 0 Å². The minimum Gasteiger partial charge on any atom is -0.396 e. The number of fused-ring (bicyclic) bond motifs is 5. The molecule has 11 atom stereocenters. The molecule has 0 aliphatic heterocycles. The lowest BCUT2D eigenvalue weighted by molar-refractivity contribution is -0.166. The fraction of sp³-hybridized carbons (Fsp3) is 1.00. The van der Waals surface area contributed by atoms with E-state index in [1.165, 1.54) is 6.42 Å². The van der Waals surface area contributed by atoms with Gasteiger partial charge in [-0.2, -0.15) is 0 Å². The summed E-state index contributed by atoms with van der Waals surface area (Å²) in [6, 6.07) is 0. The molecule has 0 radical (unpaired) electrons. The van der Waals surface area contributed by atoms with Crippen molar-refractivity contribution in [1.82, 2.24) is 0 Å². The number of aliphatic hydroxyl groups excluding tert-OH is 1. The first kappa shape index (κ1) is 17.0. The van der Waals surface area contributed by atoms with Crippen LogP contribution in [0.3, 0.4) is 0 Å². The third-order valence-corrected chi connectivity index (χ3v) is 9.86. The highest BCUT2D eigenvalue weighted by Crippen LogP contribution is 2.69. The van der Waals surface area contributed by atoms with Crippen molar-refractivity contribution in [1.29, 1.82) is 0 Å². The molecule has 0 saturated heterocycles. The molecule has 0 amide bonds. The molecule has 25 heavy (non-hydrogen) atoms. The molecule has 0 aromatic rings. The van der Waals surface area contributed by atoms with Crippen LogP contribution in [0.25, 0.3) is 0 Å². The molecular formula is C23H39FO. The van der Waals surface area contributed by atoms with Crippen molar-refractivity contribution in [3.05, 3.63) is 0 Å². The molecule has 0 aromatic heterocycles. The zero-order valence-corrected chi connectivity index (χ0v) is 16.7. The van der Waals surface area contributed by atoms with E-state index < -0.39 is 6.17 Å². The summed E-state index contributed by atoms with van der Waals surface area (Å²) in [6.07, 6.45) is 6.77. The third-order valence-electron chi connectivity index (χ3n) is 9.86. The van der Waals surface area contributed by atoms with Gasteiger partial charge in [-0.1, -0.05) is 40.5 Å². The average molecular weight is 352 g/mol. The summed E-state index contributed by atoms with van der Waals surface area (Å²) in [5.74, 6) is 3.45. The molecule has 7 unspecified atom stereocenters.